The van der Waals surface area contributed by atoms with Gasteiger partial charge in [-0.3, -0.25) is 4.79 Å². The molecule has 0 fully saturated rings. The van der Waals surface area contributed by atoms with Crippen molar-refractivity contribution in [3.8, 4) is 11.5 Å². The number of nitrogens with one attached hydrogen (secondary N) is 1. The van der Waals surface area contributed by atoms with Gasteiger partial charge in [-0.05, 0) is 37.1 Å². The van der Waals surface area contributed by atoms with E-state index in [1.165, 1.54) is 0 Å². The molecule has 23 heavy (non-hydrogen) atoms. The van der Waals surface area contributed by atoms with E-state index in [0.717, 1.165) is 33.8 Å². The summed E-state index contributed by atoms with van der Waals surface area (Å²) in [5.74, 6) is 1.52. The number of benzene rings is 2. The van der Waals surface area contributed by atoms with E-state index in [4.69, 9.17) is 9.47 Å². The molecule has 2 aromatic rings. The van der Waals surface area contributed by atoms with Crippen LogP contribution in [0.5, 0.6) is 11.5 Å². The van der Waals surface area contributed by atoms with Crippen molar-refractivity contribution in [2.45, 2.75) is 26.8 Å². The smallest absolute Gasteiger partial charge is 0.224 e. The first-order valence-corrected chi connectivity index (χ1v) is 7.58. The predicted molar refractivity (Wildman–Crippen MR) is 91.0 cm³/mol. The Hall–Kier alpha value is -2.49. The van der Waals surface area contributed by atoms with Gasteiger partial charge in [0.05, 0.1) is 20.6 Å². The van der Waals surface area contributed by atoms with Gasteiger partial charge in [0.1, 0.15) is 11.5 Å². The van der Waals surface area contributed by atoms with Crippen LogP contribution < -0.4 is 14.8 Å². The zero-order valence-electron chi connectivity index (χ0n) is 14.1. The summed E-state index contributed by atoms with van der Waals surface area (Å²) in [6.45, 7) is 4.38. The normalized spacial score (nSPS) is 10.3. The van der Waals surface area contributed by atoms with Gasteiger partial charge in [-0.2, -0.15) is 0 Å². The molecule has 122 valence electrons. The Morgan fingerprint density at radius 2 is 1.74 bits per heavy atom. The maximum Gasteiger partial charge on any atom is 0.224 e. The van der Waals surface area contributed by atoms with Crippen LogP contribution in [0.2, 0.25) is 0 Å². The molecule has 0 saturated heterocycles. The van der Waals surface area contributed by atoms with Gasteiger partial charge in [0.25, 0.3) is 0 Å². The number of amides is 1. The van der Waals surface area contributed by atoms with Crippen molar-refractivity contribution in [1.82, 2.24) is 5.32 Å². The van der Waals surface area contributed by atoms with E-state index >= 15 is 0 Å². The molecule has 0 aliphatic rings. The van der Waals surface area contributed by atoms with Crippen molar-refractivity contribution < 1.29 is 14.3 Å². The molecule has 1 N–H and O–H groups in total. The number of methoxy groups -OCH3 is 2. The predicted octanol–water partition coefficient (Wildman–Crippen LogP) is 3.18. The first-order chi connectivity index (χ1) is 11.1. The monoisotopic (exact) mass is 313 g/mol. The van der Waals surface area contributed by atoms with Crippen LogP contribution in [0.25, 0.3) is 0 Å². The van der Waals surface area contributed by atoms with E-state index in [2.05, 4.69) is 5.32 Å². The summed E-state index contributed by atoms with van der Waals surface area (Å²) in [7, 11) is 3.26. The van der Waals surface area contributed by atoms with Crippen molar-refractivity contribution in [3.05, 3.63) is 58.7 Å². The molecule has 0 saturated carbocycles. The van der Waals surface area contributed by atoms with Gasteiger partial charge in [0.2, 0.25) is 5.91 Å². The minimum atomic E-state index is -0.00479. The fourth-order valence-corrected chi connectivity index (χ4v) is 2.61. The van der Waals surface area contributed by atoms with Crippen LogP contribution in [0.1, 0.15) is 22.3 Å². The summed E-state index contributed by atoms with van der Waals surface area (Å²) in [6.07, 6.45) is 0.379. The maximum absolute atomic E-state index is 12.2. The molecule has 0 atom stereocenters. The molecule has 0 heterocycles. The number of carbonyl (C=O) groups excluding carboxylic acids is 1. The minimum absolute atomic E-state index is 0.00479. The molecule has 2 aromatic carbocycles. The van der Waals surface area contributed by atoms with E-state index < -0.39 is 0 Å². The highest BCUT2D eigenvalue weighted by Crippen LogP contribution is 2.31. The Morgan fingerprint density at radius 1 is 1.00 bits per heavy atom. The Kier molecular flexibility index (Phi) is 5.63. The number of carbonyl (C=O) groups is 1. The minimum Gasteiger partial charge on any atom is -0.496 e. The van der Waals surface area contributed by atoms with Crippen LogP contribution in [0, 0.1) is 13.8 Å². The van der Waals surface area contributed by atoms with Gasteiger partial charge in [-0.1, -0.05) is 24.3 Å². The van der Waals surface area contributed by atoms with Gasteiger partial charge < -0.3 is 14.8 Å². The van der Waals surface area contributed by atoms with Crippen LogP contribution >= 0.6 is 0 Å². The number of aryl methyl sites for hydroxylation is 1. The molecule has 0 spiro atoms. The van der Waals surface area contributed by atoms with Crippen molar-refractivity contribution >= 4 is 5.91 Å². The molecule has 2 rings (SSSR count). The number of hydrogen-bond donors (Lipinski definition) is 1. The maximum atomic E-state index is 12.2. The van der Waals surface area contributed by atoms with Crippen LogP contribution in [0.15, 0.2) is 36.4 Å². The van der Waals surface area contributed by atoms with E-state index in [0.29, 0.717) is 13.0 Å². The van der Waals surface area contributed by atoms with Crippen molar-refractivity contribution in [3.63, 3.8) is 0 Å². The second kappa shape index (κ2) is 7.68. The second-order valence-corrected chi connectivity index (χ2v) is 5.47. The van der Waals surface area contributed by atoms with Crippen LogP contribution in [0.3, 0.4) is 0 Å². The lowest BCUT2D eigenvalue weighted by atomic mass is 10.1. The summed E-state index contributed by atoms with van der Waals surface area (Å²) in [5, 5.41) is 2.95. The molecule has 0 aliphatic carbocycles. The second-order valence-electron chi connectivity index (χ2n) is 5.47. The summed E-state index contributed by atoms with van der Waals surface area (Å²) in [5.41, 5.74) is 4.04. The van der Waals surface area contributed by atoms with Gasteiger partial charge in [-0.15, -0.1) is 0 Å². The van der Waals surface area contributed by atoms with Crippen LogP contribution in [-0.2, 0) is 17.8 Å². The molecule has 0 radical (unpaired) electrons. The molecule has 4 heteroatoms. The van der Waals surface area contributed by atoms with Crippen LogP contribution in [0.4, 0.5) is 0 Å². The van der Waals surface area contributed by atoms with E-state index in [-0.39, 0.29) is 5.91 Å². The zero-order chi connectivity index (χ0) is 16.8. The Balaban J connectivity index is 2.05. The van der Waals surface area contributed by atoms with E-state index in [1.54, 1.807) is 14.2 Å². The molecule has 4 nitrogen and oxygen atoms in total. The summed E-state index contributed by atoms with van der Waals surface area (Å²) < 4.78 is 10.7. The standard InChI is InChI=1S/C19H23NO3/c1-13-7-5-6-8-15(13)11-18(21)20-12-16-9-10-17(22-3)14(2)19(16)23-4/h5-10H,11-12H2,1-4H3,(H,20,21). The number of hydrogen-bond acceptors (Lipinski definition) is 3. The third-order valence-corrected chi connectivity index (χ3v) is 3.95. The lowest BCUT2D eigenvalue weighted by Crippen LogP contribution is -2.25. The summed E-state index contributed by atoms with van der Waals surface area (Å²) in [4.78, 5) is 12.2. The van der Waals surface area contributed by atoms with Gasteiger partial charge in [0, 0.05) is 17.7 Å². The molecule has 0 unspecified atom stereocenters. The average molecular weight is 313 g/mol. The topological polar surface area (TPSA) is 47.6 Å². The molecule has 0 aromatic heterocycles. The van der Waals surface area contributed by atoms with E-state index in [1.807, 2.05) is 50.2 Å². The Morgan fingerprint density at radius 3 is 2.39 bits per heavy atom. The van der Waals surface area contributed by atoms with Gasteiger partial charge in [-0.25, -0.2) is 0 Å². The average Bonchev–Trinajstić information content (AvgIpc) is 2.55. The first-order valence-electron chi connectivity index (χ1n) is 7.58. The summed E-state index contributed by atoms with van der Waals surface area (Å²) >= 11 is 0. The van der Waals surface area contributed by atoms with Crippen LogP contribution in [-0.4, -0.2) is 20.1 Å². The van der Waals surface area contributed by atoms with E-state index in [9.17, 15) is 4.79 Å². The lowest BCUT2D eigenvalue weighted by molar-refractivity contribution is -0.120. The number of ether oxygens (including phenoxy) is 2. The third kappa shape index (κ3) is 4.03. The van der Waals surface area contributed by atoms with Gasteiger partial charge in [0.15, 0.2) is 0 Å². The molecule has 1 amide bonds. The molecular formula is C19H23NO3. The highest BCUT2D eigenvalue weighted by molar-refractivity contribution is 5.79. The lowest BCUT2D eigenvalue weighted by Gasteiger charge is -2.15. The SMILES string of the molecule is COc1ccc(CNC(=O)Cc2ccccc2C)c(OC)c1C. The molecule has 0 aliphatic heterocycles. The third-order valence-electron chi connectivity index (χ3n) is 3.95. The Bertz CT molecular complexity index is 695. The fraction of sp³-hybridized carbons (Fsp3) is 0.316. The Labute approximate surface area is 137 Å². The van der Waals surface area contributed by atoms with Crippen molar-refractivity contribution in [1.29, 1.82) is 0 Å². The highest BCUT2D eigenvalue weighted by atomic mass is 16.5. The fourth-order valence-electron chi connectivity index (χ4n) is 2.61. The van der Waals surface area contributed by atoms with Crippen molar-refractivity contribution in [2.24, 2.45) is 0 Å². The summed E-state index contributed by atoms with van der Waals surface area (Å²) in [6, 6.07) is 11.7. The van der Waals surface area contributed by atoms with Crippen molar-refractivity contribution in [2.75, 3.05) is 14.2 Å². The number of rotatable bonds is 6. The highest BCUT2D eigenvalue weighted by Gasteiger charge is 2.12. The largest absolute Gasteiger partial charge is 0.496 e. The molecule has 0 bridgehead atoms. The van der Waals surface area contributed by atoms with Gasteiger partial charge >= 0.3 is 0 Å². The quantitative estimate of drug-likeness (QED) is 0.891. The first kappa shape index (κ1) is 16.9. The molecular weight excluding hydrogens is 290 g/mol. The zero-order valence-corrected chi connectivity index (χ0v) is 14.1.